The van der Waals surface area contributed by atoms with Gasteiger partial charge in [-0.25, -0.2) is 4.98 Å². The number of hydrogen-bond acceptors (Lipinski definition) is 5. The Morgan fingerprint density at radius 1 is 1.39 bits per heavy atom. The molecule has 0 aliphatic heterocycles. The summed E-state index contributed by atoms with van der Waals surface area (Å²) in [6.07, 6.45) is 5.42. The van der Waals surface area contributed by atoms with Crippen molar-refractivity contribution in [1.29, 1.82) is 0 Å². The minimum absolute atomic E-state index is 0.0900. The maximum Gasteiger partial charge on any atom is 0.263 e. The van der Waals surface area contributed by atoms with Crippen LogP contribution in [0.15, 0.2) is 30.7 Å². The Labute approximate surface area is 138 Å². The highest BCUT2D eigenvalue weighted by molar-refractivity contribution is 7.13. The zero-order chi connectivity index (χ0) is 16.4. The number of carbonyl (C=O) groups excluding carboxylic acids is 1. The van der Waals surface area contributed by atoms with Crippen LogP contribution in [0.4, 0.5) is 0 Å². The lowest BCUT2D eigenvalue weighted by molar-refractivity contribution is 0.0954. The Balaban J connectivity index is 1.71. The highest BCUT2D eigenvalue weighted by Gasteiger charge is 2.13. The third kappa shape index (κ3) is 3.45. The van der Waals surface area contributed by atoms with Gasteiger partial charge in [-0.1, -0.05) is 0 Å². The quantitative estimate of drug-likeness (QED) is 0.799. The molecule has 0 bridgehead atoms. The van der Waals surface area contributed by atoms with Gasteiger partial charge in [-0.3, -0.25) is 14.5 Å². The van der Waals surface area contributed by atoms with Gasteiger partial charge in [0.2, 0.25) is 0 Å². The summed E-state index contributed by atoms with van der Waals surface area (Å²) >= 11 is 1.41. The van der Waals surface area contributed by atoms with Crippen LogP contribution in [0.1, 0.15) is 25.9 Å². The molecule has 118 valence electrons. The summed E-state index contributed by atoms with van der Waals surface area (Å²) in [4.78, 5) is 21.5. The monoisotopic (exact) mass is 327 g/mol. The first-order valence-electron chi connectivity index (χ1n) is 7.19. The zero-order valence-corrected chi connectivity index (χ0v) is 14.0. The number of hydrogen-bond donors (Lipinski definition) is 1. The van der Waals surface area contributed by atoms with Crippen molar-refractivity contribution < 1.29 is 4.79 Å². The van der Waals surface area contributed by atoms with E-state index in [1.54, 1.807) is 17.1 Å². The molecule has 6 nitrogen and oxygen atoms in total. The molecule has 0 spiro atoms. The van der Waals surface area contributed by atoms with Gasteiger partial charge in [0.05, 0.1) is 22.6 Å². The first-order chi connectivity index (χ1) is 11.0. The van der Waals surface area contributed by atoms with E-state index in [1.165, 1.54) is 11.3 Å². The largest absolute Gasteiger partial charge is 0.347 e. The van der Waals surface area contributed by atoms with Crippen LogP contribution in [0.25, 0.3) is 11.3 Å². The summed E-state index contributed by atoms with van der Waals surface area (Å²) in [6.45, 7) is 4.20. The van der Waals surface area contributed by atoms with Gasteiger partial charge < -0.3 is 5.32 Å². The molecule has 0 aliphatic carbocycles. The molecule has 3 aromatic heterocycles. The molecule has 3 heterocycles. The number of nitrogens with one attached hydrogen (secondary N) is 1. The van der Waals surface area contributed by atoms with Crippen LogP contribution in [0, 0.1) is 13.8 Å². The van der Waals surface area contributed by atoms with E-state index < -0.39 is 0 Å². The second-order valence-corrected chi connectivity index (χ2v) is 6.49. The van der Waals surface area contributed by atoms with Crippen molar-refractivity contribution in [2.24, 2.45) is 7.05 Å². The van der Waals surface area contributed by atoms with Gasteiger partial charge in [-0.15, -0.1) is 11.3 Å². The van der Waals surface area contributed by atoms with Crippen molar-refractivity contribution in [3.63, 3.8) is 0 Å². The van der Waals surface area contributed by atoms with Crippen molar-refractivity contribution in [1.82, 2.24) is 25.1 Å². The lowest BCUT2D eigenvalue weighted by atomic mass is 10.1. The van der Waals surface area contributed by atoms with E-state index in [0.717, 1.165) is 27.5 Å². The predicted octanol–water partition coefficient (Wildman–Crippen LogP) is 2.49. The lowest BCUT2D eigenvalue weighted by Gasteiger charge is -2.05. The molecule has 23 heavy (non-hydrogen) atoms. The van der Waals surface area contributed by atoms with Crippen LogP contribution in [-0.2, 0) is 13.6 Å². The lowest BCUT2D eigenvalue weighted by Crippen LogP contribution is -2.22. The van der Waals surface area contributed by atoms with E-state index >= 15 is 0 Å². The van der Waals surface area contributed by atoms with E-state index in [-0.39, 0.29) is 5.91 Å². The minimum Gasteiger partial charge on any atom is -0.347 e. The Hall–Kier alpha value is -2.54. The van der Waals surface area contributed by atoms with Gasteiger partial charge in [-0.05, 0) is 31.5 Å². The smallest absolute Gasteiger partial charge is 0.263 e. The molecule has 1 amide bonds. The molecule has 0 fully saturated rings. The number of pyridine rings is 1. The summed E-state index contributed by atoms with van der Waals surface area (Å²) in [5.41, 5.74) is 3.56. The molecule has 1 N–H and O–H groups in total. The van der Waals surface area contributed by atoms with Crippen LogP contribution < -0.4 is 5.32 Å². The fraction of sp³-hybridized carbons (Fsp3) is 0.250. The second-order valence-electron chi connectivity index (χ2n) is 5.28. The summed E-state index contributed by atoms with van der Waals surface area (Å²) in [7, 11) is 1.87. The van der Waals surface area contributed by atoms with Gasteiger partial charge in [0.25, 0.3) is 5.91 Å². The molecule has 0 atom stereocenters. The van der Waals surface area contributed by atoms with E-state index in [1.807, 2.05) is 39.2 Å². The Morgan fingerprint density at radius 2 is 2.22 bits per heavy atom. The molecular weight excluding hydrogens is 310 g/mol. The van der Waals surface area contributed by atoms with Gasteiger partial charge in [0.1, 0.15) is 4.88 Å². The van der Waals surface area contributed by atoms with Crippen molar-refractivity contribution in [2.45, 2.75) is 20.4 Å². The first kappa shape index (κ1) is 15.4. The van der Waals surface area contributed by atoms with Crippen molar-refractivity contribution in [2.75, 3.05) is 0 Å². The van der Waals surface area contributed by atoms with Crippen molar-refractivity contribution >= 4 is 17.2 Å². The van der Waals surface area contributed by atoms with Gasteiger partial charge in [0.15, 0.2) is 0 Å². The van der Waals surface area contributed by atoms with Crippen molar-refractivity contribution in [3.8, 4) is 11.3 Å². The molecule has 0 aromatic carbocycles. The topological polar surface area (TPSA) is 72.7 Å². The first-order valence-corrected chi connectivity index (χ1v) is 8.01. The highest BCUT2D eigenvalue weighted by Crippen LogP contribution is 2.18. The molecule has 7 heteroatoms. The molecule has 0 saturated carbocycles. The second kappa shape index (κ2) is 6.29. The maximum atomic E-state index is 12.2. The summed E-state index contributed by atoms with van der Waals surface area (Å²) in [6, 6.07) is 3.85. The van der Waals surface area contributed by atoms with Crippen LogP contribution in [-0.4, -0.2) is 25.7 Å². The predicted molar refractivity (Wildman–Crippen MR) is 89.2 cm³/mol. The normalized spacial score (nSPS) is 10.7. The number of aromatic nitrogens is 4. The number of aryl methyl sites for hydroxylation is 3. The molecule has 0 aliphatic rings. The van der Waals surface area contributed by atoms with E-state index in [0.29, 0.717) is 11.4 Å². The highest BCUT2D eigenvalue weighted by atomic mass is 32.1. The molecule has 0 saturated heterocycles. The van der Waals surface area contributed by atoms with Crippen LogP contribution >= 0.6 is 11.3 Å². The SMILES string of the molecule is Cc1nc(C)c(C(=O)NCc2ccnc(-c3cnn(C)c3)c2)s1. The van der Waals surface area contributed by atoms with E-state index in [9.17, 15) is 4.79 Å². The summed E-state index contributed by atoms with van der Waals surface area (Å²) in [5.74, 6) is -0.0900. The van der Waals surface area contributed by atoms with Gasteiger partial charge in [-0.2, -0.15) is 5.10 Å². The van der Waals surface area contributed by atoms with E-state index in [2.05, 4.69) is 20.4 Å². The Bertz CT molecular complexity index is 852. The fourth-order valence-electron chi connectivity index (χ4n) is 2.30. The van der Waals surface area contributed by atoms with E-state index in [4.69, 9.17) is 0 Å². The minimum atomic E-state index is -0.0900. The molecule has 0 radical (unpaired) electrons. The van der Waals surface area contributed by atoms with Crippen LogP contribution in [0.2, 0.25) is 0 Å². The molecule has 3 rings (SSSR count). The Kier molecular flexibility index (Phi) is 4.20. The Morgan fingerprint density at radius 3 is 2.87 bits per heavy atom. The molecule has 3 aromatic rings. The number of thiazole rings is 1. The van der Waals surface area contributed by atoms with Gasteiger partial charge in [0, 0.05) is 31.5 Å². The zero-order valence-electron chi connectivity index (χ0n) is 13.2. The number of carbonyl (C=O) groups is 1. The summed E-state index contributed by atoms with van der Waals surface area (Å²) in [5, 5.41) is 7.98. The van der Waals surface area contributed by atoms with Gasteiger partial charge >= 0.3 is 0 Å². The number of nitrogens with zero attached hydrogens (tertiary/aromatic N) is 4. The van der Waals surface area contributed by atoms with Crippen molar-refractivity contribution in [3.05, 3.63) is 51.9 Å². The number of amides is 1. The fourth-order valence-corrected chi connectivity index (χ4v) is 3.14. The molecular formula is C16H17N5OS. The third-order valence-electron chi connectivity index (χ3n) is 3.39. The van der Waals surface area contributed by atoms with Crippen LogP contribution in [0.5, 0.6) is 0 Å². The molecule has 0 unspecified atom stereocenters. The standard InChI is InChI=1S/C16H17N5OS/c1-10-15(23-11(2)20-10)16(22)18-7-12-4-5-17-14(6-12)13-8-19-21(3)9-13/h4-6,8-9H,7H2,1-3H3,(H,18,22). The maximum absolute atomic E-state index is 12.2. The number of rotatable bonds is 4. The average Bonchev–Trinajstić information content (AvgIpc) is 3.10. The van der Waals surface area contributed by atoms with Crippen LogP contribution in [0.3, 0.4) is 0 Å². The average molecular weight is 327 g/mol. The third-order valence-corrected chi connectivity index (χ3v) is 4.46. The summed E-state index contributed by atoms with van der Waals surface area (Å²) < 4.78 is 1.74.